The molecule has 1 aliphatic heterocycles. The molecule has 0 atom stereocenters. The van der Waals surface area contributed by atoms with E-state index in [0.29, 0.717) is 79.0 Å². The highest BCUT2D eigenvalue weighted by atomic mass is 16.5. The second kappa shape index (κ2) is 19.8. The third-order valence-corrected chi connectivity index (χ3v) is 8.30. The topological polar surface area (TPSA) is 77.5 Å². The predicted octanol–water partition coefficient (Wildman–Crippen LogP) is 4.44. The first kappa shape index (κ1) is 31.3. The molecule has 0 aromatic rings. The third kappa shape index (κ3) is 12.3. The number of hydrogen-bond acceptors (Lipinski definition) is 6. The average molecular weight is 539 g/mol. The van der Waals surface area contributed by atoms with E-state index in [1.165, 1.54) is 38.5 Å². The van der Waals surface area contributed by atoms with Crippen molar-refractivity contribution in [3.8, 4) is 0 Å². The van der Waals surface area contributed by atoms with Crippen LogP contribution in [0.4, 0.5) is 0 Å². The zero-order valence-corrected chi connectivity index (χ0v) is 23.9. The van der Waals surface area contributed by atoms with Gasteiger partial charge in [-0.25, -0.2) is 0 Å². The molecule has 8 nitrogen and oxygen atoms in total. The summed E-state index contributed by atoms with van der Waals surface area (Å²) >= 11 is 0. The van der Waals surface area contributed by atoms with Crippen LogP contribution in [0.5, 0.6) is 0 Å². The molecule has 3 fully saturated rings. The second-order valence-electron chi connectivity index (χ2n) is 11.2. The Balaban J connectivity index is 1.46. The van der Waals surface area contributed by atoms with Gasteiger partial charge >= 0.3 is 0 Å². The highest BCUT2D eigenvalue weighted by Gasteiger charge is 2.26. The number of carbonyl (C=O) groups is 2. The number of rotatable bonds is 2. The summed E-state index contributed by atoms with van der Waals surface area (Å²) in [7, 11) is 0. The SMILES string of the molecule is O=C(C1CCCCCCC1)N1CCOCCOCCN(C(=O)C2CCCCCCC2)CCOCCOCC1. The molecule has 38 heavy (non-hydrogen) atoms. The summed E-state index contributed by atoms with van der Waals surface area (Å²) in [6.45, 7) is 6.27. The lowest BCUT2D eigenvalue weighted by atomic mass is 9.90. The first-order valence-electron chi connectivity index (χ1n) is 15.6. The monoisotopic (exact) mass is 538 g/mol. The highest BCUT2D eigenvalue weighted by molar-refractivity contribution is 5.79. The van der Waals surface area contributed by atoms with Gasteiger partial charge in [-0.1, -0.05) is 64.2 Å². The van der Waals surface area contributed by atoms with Gasteiger partial charge in [0.1, 0.15) is 0 Å². The fourth-order valence-electron chi connectivity index (χ4n) is 5.93. The van der Waals surface area contributed by atoms with Gasteiger partial charge in [-0.15, -0.1) is 0 Å². The molecule has 0 radical (unpaired) electrons. The van der Waals surface area contributed by atoms with Crippen LogP contribution < -0.4 is 0 Å². The molecule has 3 rings (SSSR count). The van der Waals surface area contributed by atoms with Crippen molar-refractivity contribution in [2.75, 3.05) is 79.0 Å². The number of amides is 2. The molecule has 1 heterocycles. The Labute approximate surface area is 231 Å². The lowest BCUT2D eigenvalue weighted by Crippen LogP contribution is -2.41. The van der Waals surface area contributed by atoms with Crippen molar-refractivity contribution in [3.63, 3.8) is 0 Å². The van der Waals surface area contributed by atoms with Crippen LogP contribution in [-0.4, -0.2) is 101 Å². The summed E-state index contributed by atoms with van der Waals surface area (Å²) in [6, 6.07) is 0. The summed E-state index contributed by atoms with van der Waals surface area (Å²) in [5.74, 6) is 0.783. The molecule has 1 saturated heterocycles. The van der Waals surface area contributed by atoms with Crippen molar-refractivity contribution >= 4 is 11.8 Å². The molecule has 0 spiro atoms. The zero-order chi connectivity index (χ0) is 26.7. The fraction of sp³-hybridized carbons (Fsp3) is 0.933. The maximum Gasteiger partial charge on any atom is 0.225 e. The largest absolute Gasteiger partial charge is 0.377 e. The Bertz CT molecular complexity index is 558. The molecule has 0 N–H and O–H groups in total. The van der Waals surface area contributed by atoms with E-state index in [1.807, 2.05) is 9.80 Å². The lowest BCUT2D eigenvalue weighted by molar-refractivity contribution is -0.139. The van der Waals surface area contributed by atoms with Crippen molar-refractivity contribution < 1.29 is 28.5 Å². The van der Waals surface area contributed by atoms with Gasteiger partial charge in [0.15, 0.2) is 0 Å². The summed E-state index contributed by atoms with van der Waals surface area (Å²) in [6.07, 6.45) is 16.1. The average Bonchev–Trinajstić information content (AvgIpc) is 2.87. The molecule has 0 unspecified atom stereocenters. The van der Waals surface area contributed by atoms with E-state index in [1.54, 1.807) is 0 Å². The number of nitrogens with zero attached hydrogens (tertiary/aromatic N) is 2. The molecule has 2 amide bonds. The van der Waals surface area contributed by atoms with Crippen molar-refractivity contribution in [1.82, 2.24) is 9.80 Å². The predicted molar refractivity (Wildman–Crippen MR) is 148 cm³/mol. The number of hydrogen-bond donors (Lipinski definition) is 0. The summed E-state index contributed by atoms with van der Waals surface area (Å²) in [4.78, 5) is 30.5. The third-order valence-electron chi connectivity index (χ3n) is 8.30. The van der Waals surface area contributed by atoms with Crippen LogP contribution in [0.25, 0.3) is 0 Å². The van der Waals surface area contributed by atoms with E-state index in [9.17, 15) is 9.59 Å². The molecule has 0 aromatic carbocycles. The van der Waals surface area contributed by atoms with E-state index in [2.05, 4.69) is 0 Å². The smallest absolute Gasteiger partial charge is 0.225 e. The van der Waals surface area contributed by atoms with E-state index in [-0.39, 0.29) is 23.7 Å². The second-order valence-corrected chi connectivity index (χ2v) is 11.2. The van der Waals surface area contributed by atoms with Crippen LogP contribution in [0.2, 0.25) is 0 Å². The molecular formula is C30H54N2O6. The van der Waals surface area contributed by atoms with Gasteiger partial charge < -0.3 is 28.7 Å². The molecule has 2 aliphatic carbocycles. The Hall–Kier alpha value is -1.22. The van der Waals surface area contributed by atoms with Crippen molar-refractivity contribution in [3.05, 3.63) is 0 Å². The van der Waals surface area contributed by atoms with Crippen molar-refractivity contribution in [2.45, 2.75) is 89.9 Å². The fourth-order valence-corrected chi connectivity index (χ4v) is 5.93. The van der Waals surface area contributed by atoms with Crippen molar-refractivity contribution in [2.24, 2.45) is 11.8 Å². The van der Waals surface area contributed by atoms with Gasteiger partial charge in [-0.2, -0.15) is 0 Å². The minimum absolute atomic E-state index is 0.132. The zero-order valence-electron chi connectivity index (χ0n) is 23.9. The molecular weight excluding hydrogens is 484 g/mol. The normalized spacial score (nSPS) is 24.7. The van der Waals surface area contributed by atoms with Crippen LogP contribution >= 0.6 is 0 Å². The van der Waals surface area contributed by atoms with Gasteiger partial charge in [-0.05, 0) is 25.7 Å². The minimum atomic E-state index is 0.132. The van der Waals surface area contributed by atoms with E-state index < -0.39 is 0 Å². The maximum absolute atomic E-state index is 13.3. The number of carbonyl (C=O) groups excluding carboxylic acids is 2. The van der Waals surface area contributed by atoms with Crippen LogP contribution in [0.15, 0.2) is 0 Å². The van der Waals surface area contributed by atoms with Crippen molar-refractivity contribution in [1.29, 1.82) is 0 Å². The molecule has 220 valence electrons. The summed E-state index contributed by atoms with van der Waals surface area (Å²) < 4.78 is 23.3. The number of ether oxygens (including phenoxy) is 4. The summed E-state index contributed by atoms with van der Waals surface area (Å²) in [5, 5.41) is 0. The highest BCUT2D eigenvalue weighted by Crippen LogP contribution is 2.25. The minimum Gasteiger partial charge on any atom is -0.377 e. The first-order valence-corrected chi connectivity index (χ1v) is 15.6. The standard InChI is InChI=1S/C30H54N2O6/c33-29(27-11-7-3-1-4-8-12-27)31-15-19-35-23-25-37-21-17-32(18-22-38-26-24-36-20-16-31)30(34)28-13-9-5-2-6-10-14-28/h27-28H,1-26H2. The Kier molecular flexibility index (Phi) is 16.3. The Morgan fingerprint density at radius 2 is 0.658 bits per heavy atom. The summed E-state index contributed by atoms with van der Waals surface area (Å²) in [5.41, 5.74) is 0. The molecule has 0 aromatic heterocycles. The van der Waals surface area contributed by atoms with Gasteiger partial charge in [0.05, 0.1) is 52.9 Å². The molecule has 3 aliphatic rings. The van der Waals surface area contributed by atoms with E-state index in [4.69, 9.17) is 18.9 Å². The molecule has 0 bridgehead atoms. The van der Waals surface area contributed by atoms with Gasteiger partial charge in [-0.3, -0.25) is 9.59 Å². The first-order chi connectivity index (χ1) is 18.8. The molecule has 2 saturated carbocycles. The van der Waals surface area contributed by atoms with Crippen LogP contribution in [-0.2, 0) is 28.5 Å². The van der Waals surface area contributed by atoms with Crippen LogP contribution in [0, 0.1) is 11.8 Å². The quantitative estimate of drug-likeness (QED) is 0.517. The van der Waals surface area contributed by atoms with Crippen LogP contribution in [0.1, 0.15) is 89.9 Å². The van der Waals surface area contributed by atoms with Crippen LogP contribution in [0.3, 0.4) is 0 Å². The van der Waals surface area contributed by atoms with Gasteiger partial charge in [0.2, 0.25) is 11.8 Å². The van der Waals surface area contributed by atoms with E-state index >= 15 is 0 Å². The molecule has 8 heteroatoms. The Morgan fingerprint density at radius 1 is 0.395 bits per heavy atom. The lowest BCUT2D eigenvalue weighted by Gasteiger charge is -2.29. The van der Waals surface area contributed by atoms with Gasteiger partial charge in [0.25, 0.3) is 0 Å². The maximum atomic E-state index is 13.3. The van der Waals surface area contributed by atoms with Gasteiger partial charge in [0, 0.05) is 38.0 Å². The Morgan fingerprint density at radius 3 is 0.947 bits per heavy atom. The van der Waals surface area contributed by atoms with E-state index in [0.717, 1.165) is 51.4 Å².